The first-order valence-corrected chi connectivity index (χ1v) is 13.0. The van der Waals surface area contributed by atoms with Crippen LogP contribution in [0, 0.1) is 5.92 Å². The SMILES string of the molecule is COc1nc(NC(=O)CC2CC2)nc2nn(Cc3ccnc4ccc(Cl)cc34)c(-c3cc(C(C)=O)cn3C)c12. The number of pyridine rings is 1. The predicted octanol–water partition coefficient (Wildman–Crippen LogP) is 5.03. The number of hydrogen-bond donors (Lipinski definition) is 1. The Kier molecular flexibility index (Phi) is 6.26. The quantitative estimate of drug-likeness (QED) is 0.273. The summed E-state index contributed by atoms with van der Waals surface area (Å²) in [6, 6.07) is 9.31. The van der Waals surface area contributed by atoms with Crippen LogP contribution in [0.3, 0.4) is 0 Å². The van der Waals surface area contributed by atoms with E-state index in [0.717, 1.165) is 35.0 Å². The molecule has 0 radical (unpaired) electrons. The van der Waals surface area contributed by atoms with Crippen LogP contribution in [0.15, 0.2) is 42.7 Å². The van der Waals surface area contributed by atoms with Gasteiger partial charge in [-0.15, -0.1) is 0 Å². The Balaban J connectivity index is 1.53. The minimum Gasteiger partial charge on any atom is -0.480 e. The summed E-state index contributed by atoms with van der Waals surface area (Å²) in [4.78, 5) is 38.2. The molecule has 1 aromatic carbocycles. The third-order valence-corrected chi connectivity index (χ3v) is 7.19. The first-order chi connectivity index (χ1) is 18.8. The summed E-state index contributed by atoms with van der Waals surface area (Å²) in [5.74, 6) is 0.658. The van der Waals surface area contributed by atoms with Gasteiger partial charge in [0.15, 0.2) is 11.4 Å². The monoisotopic (exact) mass is 543 g/mol. The molecule has 1 amide bonds. The number of hydrogen-bond acceptors (Lipinski definition) is 7. The van der Waals surface area contributed by atoms with Crippen LogP contribution in [0.1, 0.15) is 42.1 Å². The zero-order chi connectivity index (χ0) is 27.3. The van der Waals surface area contributed by atoms with Crippen LogP contribution >= 0.6 is 11.6 Å². The minimum absolute atomic E-state index is 0.0501. The highest BCUT2D eigenvalue weighted by Gasteiger charge is 2.27. The number of aromatic nitrogens is 6. The molecule has 1 N–H and O–H groups in total. The summed E-state index contributed by atoms with van der Waals surface area (Å²) in [5.41, 5.74) is 4.11. The molecule has 1 saturated carbocycles. The fourth-order valence-electron chi connectivity index (χ4n) is 4.81. The van der Waals surface area contributed by atoms with E-state index in [9.17, 15) is 9.59 Å². The second-order valence-corrected chi connectivity index (χ2v) is 10.3. The zero-order valence-corrected chi connectivity index (χ0v) is 22.5. The molecule has 0 unspecified atom stereocenters. The van der Waals surface area contributed by atoms with Crippen molar-refractivity contribution in [3.63, 3.8) is 0 Å². The summed E-state index contributed by atoms with van der Waals surface area (Å²) in [7, 11) is 3.38. The minimum atomic E-state index is -0.132. The number of anilines is 1. The number of methoxy groups -OCH3 is 1. The molecule has 1 aliphatic carbocycles. The van der Waals surface area contributed by atoms with E-state index in [1.807, 2.05) is 40.6 Å². The largest absolute Gasteiger partial charge is 0.480 e. The van der Waals surface area contributed by atoms with Crippen molar-refractivity contribution in [2.75, 3.05) is 12.4 Å². The van der Waals surface area contributed by atoms with Gasteiger partial charge in [-0.2, -0.15) is 15.1 Å². The van der Waals surface area contributed by atoms with E-state index in [0.29, 0.717) is 46.2 Å². The van der Waals surface area contributed by atoms with E-state index in [1.54, 1.807) is 18.5 Å². The van der Waals surface area contributed by atoms with Gasteiger partial charge >= 0.3 is 0 Å². The van der Waals surface area contributed by atoms with Gasteiger partial charge < -0.3 is 9.30 Å². The predicted molar refractivity (Wildman–Crippen MR) is 148 cm³/mol. The highest BCUT2D eigenvalue weighted by Crippen LogP contribution is 2.37. The fourth-order valence-corrected chi connectivity index (χ4v) is 4.98. The number of benzene rings is 1. The molecule has 11 heteroatoms. The summed E-state index contributed by atoms with van der Waals surface area (Å²) < 4.78 is 9.37. The van der Waals surface area contributed by atoms with Crippen LogP contribution in [-0.2, 0) is 18.4 Å². The van der Waals surface area contributed by atoms with Crippen molar-refractivity contribution in [1.29, 1.82) is 0 Å². The highest BCUT2D eigenvalue weighted by atomic mass is 35.5. The van der Waals surface area contributed by atoms with E-state index in [1.165, 1.54) is 14.0 Å². The standard InChI is InChI=1S/C28H26ClN7O3/c1-15(37)18-11-22(35(2)13-18)25-24-26(32-28(33-27(24)39-3)31-23(38)10-16-4-5-16)34-36(25)14-17-8-9-30-21-7-6-19(29)12-20(17)21/h6-9,11-13,16H,4-5,10,14H2,1-3H3,(H,31,32,34,38). The van der Waals surface area contributed by atoms with E-state index in [4.69, 9.17) is 21.4 Å². The number of amides is 1. The Morgan fingerprint density at radius 1 is 1.18 bits per heavy atom. The van der Waals surface area contributed by atoms with E-state index in [2.05, 4.69) is 20.3 Å². The van der Waals surface area contributed by atoms with Gasteiger partial charge in [-0.1, -0.05) is 11.6 Å². The van der Waals surface area contributed by atoms with Gasteiger partial charge in [0.05, 0.1) is 24.9 Å². The Labute approximate surface area is 229 Å². The number of ether oxygens (including phenoxy) is 1. The second-order valence-electron chi connectivity index (χ2n) is 9.87. The van der Waals surface area contributed by atoms with Crippen molar-refractivity contribution in [2.24, 2.45) is 13.0 Å². The molecular weight excluding hydrogens is 518 g/mol. The molecule has 0 bridgehead atoms. The van der Waals surface area contributed by atoms with E-state index < -0.39 is 0 Å². The molecule has 10 nitrogen and oxygen atoms in total. The van der Waals surface area contributed by atoms with Crippen molar-refractivity contribution < 1.29 is 14.3 Å². The zero-order valence-electron chi connectivity index (χ0n) is 21.7. The van der Waals surface area contributed by atoms with E-state index >= 15 is 0 Å². The molecule has 0 atom stereocenters. The second kappa shape index (κ2) is 9.77. The molecule has 0 saturated heterocycles. The molecule has 5 aromatic rings. The number of ketones is 1. The lowest BCUT2D eigenvalue weighted by molar-refractivity contribution is -0.116. The number of carbonyl (C=O) groups is 2. The highest BCUT2D eigenvalue weighted by molar-refractivity contribution is 6.31. The van der Waals surface area contributed by atoms with Crippen LogP contribution in [0.25, 0.3) is 33.3 Å². The molecule has 4 heterocycles. The lowest BCUT2D eigenvalue weighted by atomic mass is 10.1. The van der Waals surface area contributed by atoms with Crippen molar-refractivity contribution >= 4 is 51.2 Å². The maximum atomic E-state index is 12.5. The van der Waals surface area contributed by atoms with Crippen LogP contribution in [0.4, 0.5) is 5.95 Å². The fraction of sp³-hybridized carbons (Fsp3) is 0.286. The van der Waals surface area contributed by atoms with Gasteiger partial charge in [0.25, 0.3) is 0 Å². The maximum Gasteiger partial charge on any atom is 0.234 e. The molecular formula is C28H26ClN7O3. The number of nitrogens with zero attached hydrogens (tertiary/aromatic N) is 6. The molecule has 1 fully saturated rings. The smallest absolute Gasteiger partial charge is 0.234 e. The summed E-state index contributed by atoms with van der Waals surface area (Å²) in [6.45, 7) is 1.89. The van der Waals surface area contributed by atoms with Crippen LogP contribution in [-0.4, -0.2) is 48.1 Å². The van der Waals surface area contributed by atoms with Gasteiger partial charge in [-0.25, -0.2) is 0 Å². The van der Waals surface area contributed by atoms with Crippen molar-refractivity contribution in [2.45, 2.75) is 32.7 Å². The number of rotatable bonds is 8. The van der Waals surface area contributed by atoms with Crippen LogP contribution < -0.4 is 10.1 Å². The molecule has 198 valence electrons. The first-order valence-electron chi connectivity index (χ1n) is 12.6. The third-order valence-electron chi connectivity index (χ3n) is 6.95. The molecule has 0 aliphatic heterocycles. The molecule has 39 heavy (non-hydrogen) atoms. The topological polar surface area (TPSA) is 117 Å². The number of carbonyl (C=O) groups excluding carboxylic acids is 2. The van der Waals surface area contributed by atoms with Crippen molar-refractivity contribution in [3.05, 3.63) is 58.9 Å². The summed E-state index contributed by atoms with van der Waals surface area (Å²) >= 11 is 6.32. The normalized spacial score (nSPS) is 13.2. The number of fused-ring (bicyclic) bond motifs is 2. The first kappa shape index (κ1) is 25.0. The van der Waals surface area contributed by atoms with Crippen molar-refractivity contribution in [1.82, 2.24) is 29.3 Å². The number of halogens is 1. The van der Waals surface area contributed by atoms with Crippen molar-refractivity contribution in [3.8, 4) is 17.3 Å². The molecule has 6 rings (SSSR count). The van der Waals surface area contributed by atoms with Gasteiger partial charge in [-0.3, -0.25) is 24.6 Å². The number of Topliss-reactive ketones (excluding diaryl/α,β-unsaturated/α-hetero) is 1. The summed E-state index contributed by atoms with van der Waals surface area (Å²) in [6.07, 6.45) is 6.11. The molecule has 1 aliphatic rings. The van der Waals surface area contributed by atoms with Gasteiger partial charge in [0.2, 0.25) is 17.7 Å². The average Bonchev–Trinajstić information content (AvgIpc) is 3.52. The van der Waals surface area contributed by atoms with Crippen LogP contribution in [0.2, 0.25) is 5.02 Å². The van der Waals surface area contributed by atoms with Crippen LogP contribution in [0.5, 0.6) is 5.88 Å². The Hall–Kier alpha value is -4.31. The Morgan fingerprint density at radius 3 is 2.72 bits per heavy atom. The van der Waals surface area contributed by atoms with Gasteiger partial charge in [0.1, 0.15) is 11.1 Å². The number of aryl methyl sites for hydroxylation is 1. The molecule has 4 aromatic heterocycles. The molecule has 0 spiro atoms. The average molecular weight is 544 g/mol. The van der Waals surface area contributed by atoms with E-state index in [-0.39, 0.29) is 23.5 Å². The lowest BCUT2D eigenvalue weighted by Gasteiger charge is -2.12. The Morgan fingerprint density at radius 2 is 2.00 bits per heavy atom. The number of nitrogens with one attached hydrogen (secondary N) is 1. The van der Waals surface area contributed by atoms with Gasteiger partial charge in [-0.05, 0) is 61.6 Å². The maximum absolute atomic E-state index is 12.5. The third kappa shape index (κ3) is 4.83. The lowest BCUT2D eigenvalue weighted by Crippen LogP contribution is -2.14. The van der Waals surface area contributed by atoms with Gasteiger partial charge in [0, 0.05) is 41.8 Å². The Bertz CT molecular complexity index is 1770. The summed E-state index contributed by atoms with van der Waals surface area (Å²) in [5, 5.41) is 9.72.